The van der Waals surface area contributed by atoms with E-state index in [4.69, 9.17) is 4.42 Å². The molecule has 2 atom stereocenters. The Labute approximate surface area is 145 Å². The van der Waals surface area contributed by atoms with Crippen molar-refractivity contribution in [3.8, 4) is 0 Å². The van der Waals surface area contributed by atoms with Crippen LogP contribution in [0.1, 0.15) is 48.3 Å². The summed E-state index contributed by atoms with van der Waals surface area (Å²) in [6, 6.07) is 8.50. The summed E-state index contributed by atoms with van der Waals surface area (Å²) in [6.07, 6.45) is 3.83. The van der Waals surface area contributed by atoms with Gasteiger partial charge in [-0.05, 0) is 56.0 Å². The van der Waals surface area contributed by atoms with E-state index in [9.17, 15) is 14.0 Å². The summed E-state index contributed by atoms with van der Waals surface area (Å²) in [5, 5.41) is 2.93. The first-order chi connectivity index (χ1) is 12.1. The number of nitrogens with one attached hydrogen (secondary N) is 1. The predicted molar refractivity (Wildman–Crippen MR) is 90.3 cm³/mol. The van der Waals surface area contributed by atoms with Crippen LogP contribution in [0.5, 0.6) is 0 Å². The summed E-state index contributed by atoms with van der Waals surface area (Å²) in [6.45, 7) is 2.37. The topological polar surface area (TPSA) is 62.6 Å². The van der Waals surface area contributed by atoms with Gasteiger partial charge in [0.05, 0.1) is 12.3 Å². The van der Waals surface area contributed by atoms with Crippen LogP contribution in [-0.4, -0.2) is 29.3 Å². The number of carbonyl (C=O) groups is 2. The van der Waals surface area contributed by atoms with Crippen molar-refractivity contribution in [3.05, 3.63) is 59.8 Å². The molecular formula is C19H21FN2O3. The van der Waals surface area contributed by atoms with Crippen LogP contribution in [-0.2, 0) is 4.79 Å². The molecule has 1 N–H and O–H groups in total. The monoisotopic (exact) mass is 344 g/mol. The first kappa shape index (κ1) is 17.2. The minimum atomic E-state index is -0.519. The Bertz CT molecular complexity index is 728. The Kier molecular flexibility index (Phi) is 5.16. The van der Waals surface area contributed by atoms with E-state index in [1.54, 1.807) is 29.2 Å². The van der Waals surface area contributed by atoms with Gasteiger partial charge in [-0.25, -0.2) is 4.39 Å². The number of furan rings is 1. The number of piperidine rings is 1. The molecule has 0 spiro atoms. The lowest BCUT2D eigenvalue weighted by Crippen LogP contribution is -2.52. The van der Waals surface area contributed by atoms with Gasteiger partial charge in [0.25, 0.3) is 5.91 Å². The Morgan fingerprint density at radius 3 is 2.68 bits per heavy atom. The van der Waals surface area contributed by atoms with Gasteiger partial charge in [-0.3, -0.25) is 9.59 Å². The van der Waals surface area contributed by atoms with Crippen molar-refractivity contribution >= 4 is 11.8 Å². The second-order valence-corrected chi connectivity index (χ2v) is 6.27. The summed E-state index contributed by atoms with van der Waals surface area (Å²) < 4.78 is 18.2. The zero-order chi connectivity index (χ0) is 17.8. The average Bonchev–Trinajstić information content (AvgIpc) is 3.16. The number of carbonyl (C=O) groups excluding carboxylic acids is 2. The summed E-state index contributed by atoms with van der Waals surface area (Å²) in [5.41, 5.74) is 0.814. The van der Waals surface area contributed by atoms with Gasteiger partial charge in [0.1, 0.15) is 11.9 Å². The Hall–Kier alpha value is -2.63. The molecule has 1 aliphatic rings. The fraction of sp³-hybridized carbons (Fsp3) is 0.368. The predicted octanol–water partition coefficient (Wildman–Crippen LogP) is 3.29. The van der Waals surface area contributed by atoms with Crippen LogP contribution in [0.4, 0.5) is 4.39 Å². The van der Waals surface area contributed by atoms with Crippen molar-refractivity contribution in [2.75, 3.05) is 6.54 Å². The molecule has 0 saturated carbocycles. The van der Waals surface area contributed by atoms with Gasteiger partial charge in [-0.15, -0.1) is 0 Å². The van der Waals surface area contributed by atoms with E-state index >= 15 is 0 Å². The van der Waals surface area contributed by atoms with Crippen molar-refractivity contribution in [3.63, 3.8) is 0 Å². The molecule has 132 valence electrons. The minimum Gasteiger partial charge on any atom is -0.459 e. The van der Waals surface area contributed by atoms with Gasteiger partial charge in [0.15, 0.2) is 5.76 Å². The van der Waals surface area contributed by atoms with Crippen LogP contribution in [0.25, 0.3) is 0 Å². The first-order valence-corrected chi connectivity index (χ1v) is 8.46. The average molecular weight is 344 g/mol. The van der Waals surface area contributed by atoms with E-state index in [1.807, 2.05) is 6.92 Å². The van der Waals surface area contributed by atoms with Crippen molar-refractivity contribution in [2.45, 2.75) is 38.3 Å². The number of hydrogen-bond donors (Lipinski definition) is 1. The zero-order valence-corrected chi connectivity index (χ0v) is 14.1. The Morgan fingerprint density at radius 1 is 1.24 bits per heavy atom. The maximum Gasteiger partial charge on any atom is 0.290 e. The quantitative estimate of drug-likeness (QED) is 0.926. The van der Waals surface area contributed by atoms with E-state index < -0.39 is 6.04 Å². The minimum absolute atomic E-state index is 0.198. The van der Waals surface area contributed by atoms with Gasteiger partial charge in [0, 0.05) is 6.54 Å². The maximum absolute atomic E-state index is 13.0. The van der Waals surface area contributed by atoms with Crippen LogP contribution in [0, 0.1) is 5.82 Å². The molecule has 1 saturated heterocycles. The summed E-state index contributed by atoms with van der Waals surface area (Å²) in [7, 11) is 0. The van der Waals surface area contributed by atoms with Crippen molar-refractivity contribution in [1.29, 1.82) is 0 Å². The molecule has 0 radical (unpaired) electrons. The zero-order valence-electron chi connectivity index (χ0n) is 14.1. The standard InChI is InChI=1S/C19H21FN2O3/c1-13(14-7-9-15(20)10-8-14)21-18(23)16-5-2-3-11-22(16)19(24)17-6-4-12-25-17/h4,6-10,12-13,16H,2-3,5,11H2,1H3,(H,21,23)/t13-,16-/m1/s1. The van der Waals surface area contributed by atoms with Crippen molar-refractivity contribution < 1.29 is 18.4 Å². The van der Waals surface area contributed by atoms with Gasteiger partial charge < -0.3 is 14.6 Å². The SMILES string of the molecule is C[C@@H](NC(=O)[C@H]1CCCCN1C(=O)c1ccco1)c1ccc(F)cc1. The molecule has 5 nitrogen and oxygen atoms in total. The van der Waals surface area contributed by atoms with E-state index in [0.717, 1.165) is 18.4 Å². The third-order valence-corrected chi connectivity index (χ3v) is 4.53. The molecule has 1 aliphatic heterocycles. The summed E-state index contributed by atoms with van der Waals surface area (Å²) in [5.74, 6) is -0.535. The summed E-state index contributed by atoms with van der Waals surface area (Å²) in [4.78, 5) is 26.9. The molecule has 0 bridgehead atoms. The van der Waals surface area contributed by atoms with Gasteiger partial charge >= 0.3 is 0 Å². The summed E-state index contributed by atoms with van der Waals surface area (Å²) >= 11 is 0. The van der Waals surface area contributed by atoms with Crippen molar-refractivity contribution in [1.82, 2.24) is 10.2 Å². The Morgan fingerprint density at radius 2 is 2.00 bits per heavy atom. The molecule has 0 aliphatic carbocycles. The second kappa shape index (κ2) is 7.51. The molecule has 2 aromatic rings. The number of amides is 2. The second-order valence-electron chi connectivity index (χ2n) is 6.27. The molecule has 0 unspecified atom stereocenters. The third kappa shape index (κ3) is 3.90. The van der Waals surface area contributed by atoms with Gasteiger partial charge in [0.2, 0.25) is 5.91 Å². The van der Waals surface area contributed by atoms with E-state index in [2.05, 4.69) is 5.32 Å². The van der Waals surface area contributed by atoms with E-state index in [-0.39, 0.29) is 29.4 Å². The molecule has 1 aromatic carbocycles. The largest absolute Gasteiger partial charge is 0.459 e. The van der Waals surface area contributed by atoms with Crippen LogP contribution in [0.15, 0.2) is 47.1 Å². The highest BCUT2D eigenvalue weighted by Crippen LogP contribution is 2.21. The molecule has 2 heterocycles. The highest BCUT2D eigenvalue weighted by Gasteiger charge is 2.34. The lowest BCUT2D eigenvalue weighted by atomic mass is 10.00. The first-order valence-electron chi connectivity index (χ1n) is 8.46. The number of hydrogen-bond acceptors (Lipinski definition) is 3. The van der Waals surface area contributed by atoms with Crippen LogP contribution < -0.4 is 5.32 Å². The number of benzene rings is 1. The molecule has 25 heavy (non-hydrogen) atoms. The van der Waals surface area contributed by atoms with E-state index in [0.29, 0.717) is 13.0 Å². The normalized spacial score (nSPS) is 18.6. The van der Waals surface area contributed by atoms with Crippen LogP contribution >= 0.6 is 0 Å². The highest BCUT2D eigenvalue weighted by molar-refractivity contribution is 5.95. The molecule has 2 amide bonds. The number of likely N-dealkylation sites (tertiary alicyclic amines) is 1. The fourth-order valence-electron chi connectivity index (χ4n) is 3.13. The van der Waals surface area contributed by atoms with E-state index in [1.165, 1.54) is 18.4 Å². The number of rotatable bonds is 4. The molecule has 1 fully saturated rings. The molecule has 3 rings (SSSR count). The number of nitrogens with zero attached hydrogens (tertiary/aromatic N) is 1. The fourth-order valence-corrected chi connectivity index (χ4v) is 3.13. The highest BCUT2D eigenvalue weighted by atomic mass is 19.1. The molecule has 1 aromatic heterocycles. The van der Waals surface area contributed by atoms with Crippen LogP contribution in [0.2, 0.25) is 0 Å². The Balaban J connectivity index is 1.70. The van der Waals surface area contributed by atoms with Crippen molar-refractivity contribution in [2.24, 2.45) is 0 Å². The smallest absolute Gasteiger partial charge is 0.290 e. The maximum atomic E-state index is 13.0. The molecule has 6 heteroatoms. The van der Waals surface area contributed by atoms with Crippen LogP contribution in [0.3, 0.4) is 0 Å². The molecular weight excluding hydrogens is 323 g/mol. The van der Waals surface area contributed by atoms with Gasteiger partial charge in [-0.1, -0.05) is 12.1 Å². The third-order valence-electron chi connectivity index (χ3n) is 4.53. The number of halogens is 1. The van der Waals surface area contributed by atoms with Gasteiger partial charge in [-0.2, -0.15) is 0 Å². The lowest BCUT2D eigenvalue weighted by Gasteiger charge is -2.34. The lowest BCUT2D eigenvalue weighted by molar-refractivity contribution is -0.127.